The van der Waals surface area contributed by atoms with Crippen LogP contribution in [0.1, 0.15) is 86.5 Å². The van der Waals surface area contributed by atoms with Crippen molar-refractivity contribution in [3.05, 3.63) is 0 Å². The first kappa shape index (κ1) is 16.0. The van der Waals surface area contributed by atoms with Crippen LogP contribution in [0, 0.1) is 17.3 Å². The van der Waals surface area contributed by atoms with Gasteiger partial charge in [-0.15, -0.1) is 0 Å². The predicted molar refractivity (Wildman–Crippen MR) is 75.8 cm³/mol. The molecule has 0 bridgehead atoms. The zero-order chi connectivity index (χ0) is 12.6. The summed E-state index contributed by atoms with van der Waals surface area (Å²) in [5.74, 6) is 1.86. The molecule has 0 aromatic rings. The molecule has 0 aliphatic carbocycles. The molecule has 0 radical (unpaired) electrons. The SMILES string of the molecule is CC[C@@H](CCCCC(C)C)CCC(C)(C)C. The minimum Gasteiger partial charge on any atom is -0.0651 e. The van der Waals surface area contributed by atoms with Crippen LogP contribution in [0.15, 0.2) is 0 Å². The van der Waals surface area contributed by atoms with Crippen LogP contribution in [0.4, 0.5) is 0 Å². The minimum atomic E-state index is 0.519. The van der Waals surface area contributed by atoms with E-state index in [0.717, 1.165) is 11.8 Å². The van der Waals surface area contributed by atoms with Gasteiger partial charge in [-0.2, -0.15) is 0 Å². The molecule has 0 heterocycles. The Morgan fingerprint density at radius 3 is 1.88 bits per heavy atom. The average molecular weight is 226 g/mol. The van der Waals surface area contributed by atoms with Gasteiger partial charge in [0.25, 0.3) is 0 Å². The molecule has 0 amide bonds. The smallest absolute Gasteiger partial charge is 0.0383 e. The van der Waals surface area contributed by atoms with Gasteiger partial charge in [0.1, 0.15) is 0 Å². The second kappa shape index (κ2) is 8.14. The molecule has 0 aromatic carbocycles. The van der Waals surface area contributed by atoms with Crippen molar-refractivity contribution in [2.45, 2.75) is 86.5 Å². The molecule has 0 saturated carbocycles. The van der Waals surface area contributed by atoms with Crippen molar-refractivity contribution in [1.82, 2.24) is 0 Å². The average Bonchev–Trinajstić information content (AvgIpc) is 2.15. The lowest BCUT2D eigenvalue weighted by Crippen LogP contribution is -2.09. The van der Waals surface area contributed by atoms with Crippen LogP contribution in [-0.4, -0.2) is 0 Å². The summed E-state index contributed by atoms with van der Waals surface area (Å²) in [6.45, 7) is 14.1. The molecule has 1 atom stereocenters. The molecule has 0 N–H and O–H groups in total. The fraction of sp³-hybridized carbons (Fsp3) is 1.00. The van der Waals surface area contributed by atoms with Crippen molar-refractivity contribution in [2.24, 2.45) is 17.3 Å². The van der Waals surface area contributed by atoms with Gasteiger partial charge in [0.05, 0.1) is 0 Å². The van der Waals surface area contributed by atoms with Crippen LogP contribution in [0.25, 0.3) is 0 Å². The largest absolute Gasteiger partial charge is 0.0651 e. The van der Waals surface area contributed by atoms with E-state index in [1.807, 2.05) is 0 Å². The quantitative estimate of drug-likeness (QED) is 0.442. The molecule has 0 heteroatoms. The van der Waals surface area contributed by atoms with E-state index in [9.17, 15) is 0 Å². The Morgan fingerprint density at radius 1 is 0.875 bits per heavy atom. The minimum absolute atomic E-state index is 0.519. The summed E-state index contributed by atoms with van der Waals surface area (Å²) in [4.78, 5) is 0. The molecule has 0 aliphatic rings. The van der Waals surface area contributed by atoms with Crippen LogP contribution in [0.5, 0.6) is 0 Å². The van der Waals surface area contributed by atoms with Gasteiger partial charge < -0.3 is 0 Å². The van der Waals surface area contributed by atoms with Gasteiger partial charge in [-0.05, 0) is 30.1 Å². The summed E-state index contributed by atoms with van der Waals surface area (Å²) in [5.41, 5.74) is 0.519. The van der Waals surface area contributed by atoms with Gasteiger partial charge >= 0.3 is 0 Å². The molecule has 98 valence electrons. The summed E-state index contributed by atoms with van der Waals surface area (Å²) in [6.07, 6.45) is 9.94. The van der Waals surface area contributed by atoms with Gasteiger partial charge in [-0.3, -0.25) is 0 Å². The molecular formula is C16H34. The first-order chi connectivity index (χ1) is 7.35. The van der Waals surface area contributed by atoms with Crippen molar-refractivity contribution in [2.75, 3.05) is 0 Å². The summed E-state index contributed by atoms with van der Waals surface area (Å²) in [5, 5.41) is 0. The topological polar surface area (TPSA) is 0 Å². The Balaban J connectivity index is 3.59. The predicted octanol–water partition coefficient (Wildman–Crippen LogP) is 6.06. The van der Waals surface area contributed by atoms with Gasteiger partial charge in [0.2, 0.25) is 0 Å². The Bertz CT molecular complexity index is 150. The van der Waals surface area contributed by atoms with Crippen molar-refractivity contribution in [1.29, 1.82) is 0 Å². The zero-order valence-corrected chi connectivity index (χ0v) is 12.6. The highest BCUT2D eigenvalue weighted by Crippen LogP contribution is 2.27. The molecule has 0 spiro atoms. The lowest BCUT2D eigenvalue weighted by atomic mass is 9.84. The van der Waals surface area contributed by atoms with Crippen molar-refractivity contribution >= 4 is 0 Å². The van der Waals surface area contributed by atoms with Crippen molar-refractivity contribution in [3.63, 3.8) is 0 Å². The molecule has 0 rings (SSSR count). The highest BCUT2D eigenvalue weighted by molar-refractivity contribution is 4.66. The highest BCUT2D eigenvalue weighted by Gasteiger charge is 2.13. The van der Waals surface area contributed by atoms with Crippen molar-refractivity contribution < 1.29 is 0 Å². The number of hydrogen-bond donors (Lipinski definition) is 0. The summed E-state index contributed by atoms with van der Waals surface area (Å²) < 4.78 is 0. The fourth-order valence-corrected chi connectivity index (χ4v) is 2.18. The molecule has 16 heavy (non-hydrogen) atoms. The lowest BCUT2D eigenvalue weighted by Gasteiger charge is -2.22. The zero-order valence-electron chi connectivity index (χ0n) is 12.6. The van der Waals surface area contributed by atoms with Crippen molar-refractivity contribution in [3.8, 4) is 0 Å². The van der Waals surface area contributed by atoms with Gasteiger partial charge in [0.15, 0.2) is 0 Å². The normalized spacial score (nSPS) is 14.4. The second-order valence-corrected chi connectivity index (χ2v) is 7.05. The van der Waals surface area contributed by atoms with Crippen LogP contribution < -0.4 is 0 Å². The molecular weight excluding hydrogens is 192 g/mol. The van der Waals surface area contributed by atoms with Crippen LogP contribution >= 0.6 is 0 Å². The van der Waals surface area contributed by atoms with Gasteiger partial charge in [-0.1, -0.05) is 73.6 Å². The van der Waals surface area contributed by atoms with E-state index >= 15 is 0 Å². The molecule has 0 nitrogen and oxygen atoms in total. The summed E-state index contributed by atoms with van der Waals surface area (Å²) in [6, 6.07) is 0. The Kier molecular flexibility index (Phi) is 8.14. The fourth-order valence-electron chi connectivity index (χ4n) is 2.18. The maximum absolute atomic E-state index is 2.36. The number of unbranched alkanes of at least 4 members (excludes halogenated alkanes) is 1. The highest BCUT2D eigenvalue weighted by atomic mass is 14.2. The van der Waals surface area contributed by atoms with E-state index < -0.39 is 0 Å². The maximum Gasteiger partial charge on any atom is -0.0383 e. The third-order valence-electron chi connectivity index (χ3n) is 3.52. The number of hydrogen-bond acceptors (Lipinski definition) is 0. The van der Waals surface area contributed by atoms with E-state index in [1.54, 1.807) is 0 Å². The van der Waals surface area contributed by atoms with E-state index in [1.165, 1.54) is 44.9 Å². The first-order valence-corrected chi connectivity index (χ1v) is 7.35. The molecule has 0 fully saturated rings. The summed E-state index contributed by atoms with van der Waals surface area (Å²) in [7, 11) is 0. The maximum atomic E-state index is 2.36. The standard InChI is InChI=1S/C16H34/c1-7-15(12-13-16(4,5)6)11-9-8-10-14(2)3/h14-15H,7-13H2,1-6H3/t15-/m0/s1. The Labute approximate surface area is 104 Å². The van der Waals surface area contributed by atoms with Gasteiger partial charge in [0, 0.05) is 0 Å². The Hall–Kier alpha value is 0. The molecule has 0 aromatic heterocycles. The molecule has 0 unspecified atom stereocenters. The van der Waals surface area contributed by atoms with Crippen LogP contribution in [0.2, 0.25) is 0 Å². The van der Waals surface area contributed by atoms with E-state index in [2.05, 4.69) is 41.5 Å². The summed E-state index contributed by atoms with van der Waals surface area (Å²) >= 11 is 0. The molecule has 0 saturated heterocycles. The van der Waals surface area contributed by atoms with Gasteiger partial charge in [-0.25, -0.2) is 0 Å². The third-order valence-corrected chi connectivity index (χ3v) is 3.52. The lowest BCUT2D eigenvalue weighted by molar-refractivity contribution is 0.302. The first-order valence-electron chi connectivity index (χ1n) is 7.35. The van der Waals surface area contributed by atoms with E-state index in [0.29, 0.717) is 5.41 Å². The molecule has 0 aliphatic heterocycles. The van der Waals surface area contributed by atoms with E-state index in [-0.39, 0.29) is 0 Å². The third kappa shape index (κ3) is 10.5. The Morgan fingerprint density at radius 2 is 1.44 bits per heavy atom. The monoisotopic (exact) mass is 226 g/mol. The van der Waals surface area contributed by atoms with Crippen LogP contribution in [-0.2, 0) is 0 Å². The second-order valence-electron chi connectivity index (χ2n) is 7.05. The van der Waals surface area contributed by atoms with E-state index in [4.69, 9.17) is 0 Å². The van der Waals surface area contributed by atoms with Crippen LogP contribution in [0.3, 0.4) is 0 Å². The number of rotatable bonds is 8.